The quantitative estimate of drug-likeness (QED) is 0.624. The van der Waals surface area contributed by atoms with Gasteiger partial charge < -0.3 is 14.7 Å². The number of aryl methyl sites for hydroxylation is 2. The van der Waals surface area contributed by atoms with Crippen LogP contribution in [0.4, 0.5) is 11.5 Å². The average Bonchev–Trinajstić information content (AvgIpc) is 2.63. The number of hydrogen-bond donors (Lipinski definition) is 1. The molecule has 1 N–H and O–H groups in total. The summed E-state index contributed by atoms with van der Waals surface area (Å²) in [7, 11) is 1.68. The van der Waals surface area contributed by atoms with Crippen LogP contribution in [-0.2, 0) is 11.8 Å². The highest BCUT2D eigenvalue weighted by Gasteiger charge is 2.33. The lowest BCUT2D eigenvalue weighted by Gasteiger charge is -2.36. The minimum absolute atomic E-state index is 0.0216. The van der Waals surface area contributed by atoms with Gasteiger partial charge in [-0.15, -0.1) is 0 Å². The largest absolute Gasteiger partial charge is 0.394 e. The van der Waals surface area contributed by atoms with E-state index in [4.69, 9.17) is 4.74 Å². The molecule has 1 fully saturated rings. The van der Waals surface area contributed by atoms with Crippen LogP contribution in [0.1, 0.15) is 12.6 Å². The lowest BCUT2D eigenvalue weighted by molar-refractivity contribution is -0.384. The molecular formula is C11H18N4O4. The zero-order valence-electron chi connectivity index (χ0n) is 11.2. The zero-order chi connectivity index (χ0) is 14.2. The van der Waals surface area contributed by atoms with Gasteiger partial charge in [0, 0.05) is 20.1 Å². The van der Waals surface area contributed by atoms with Crippen molar-refractivity contribution < 1.29 is 14.8 Å². The summed E-state index contributed by atoms with van der Waals surface area (Å²) >= 11 is 0. The van der Waals surface area contributed by atoms with Gasteiger partial charge >= 0.3 is 5.69 Å². The first-order valence-corrected chi connectivity index (χ1v) is 6.13. The van der Waals surface area contributed by atoms with E-state index in [2.05, 4.69) is 5.10 Å². The Balaban J connectivity index is 2.38. The van der Waals surface area contributed by atoms with Gasteiger partial charge in [-0.25, -0.2) is 4.68 Å². The Labute approximate surface area is 110 Å². The molecule has 1 aliphatic rings. The van der Waals surface area contributed by atoms with Gasteiger partial charge in [0.1, 0.15) is 5.69 Å². The molecule has 2 rings (SSSR count). The van der Waals surface area contributed by atoms with Gasteiger partial charge in [-0.1, -0.05) is 0 Å². The minimum atomic E-state index is -0.411. The number of nitrogens with zero attached hydrogens (tertiary/aromatic N) is 4. The molecule has 1 aromatic rings. The molecule has 19 heavy (non-hydrogen) atoms. The van der Waals surface area contributed by atoms with E-state index in [-0.39, 0.29) is 24.5 Å². The first-order chi connectivity index (χ1) is 8.93. The van der Waals surface area contributed by atoms with E-state index in [0.29, 0.717) is 24.6 Å². The van der Waals surface area contributed by atoms with Crippen molar-refractivity contribution in [1.82, 2.24) is 9.78 Å². The lowest BCUT2D eigenvalue weighted by atomic mass is 10.2. The van der Waals surface area contributed by atoms with Crippen LogP contribution >= 0.6 is 0 Å². The fourth-order valence-corrected chi connectivity index (χ4v) is 2.52. The Morgan fingerprint density at radius 1 is 1.58 bits per heavy atom. The molecule has 2 atom stereocenters. The maximum absolute atomic E-state index is 11.2. The maximum Gasteiger partial charge on any atom is 0.333 e. The summed E-state index contributed by atoms with van der Waals surface area (Å²) in [6.45, 7) is 4.35. The molecule has 2 unspecified atom stereocenters. The summed E-state index contributed by atoms with van der Waals surface area (Å²) in [5, 5.41) is 24.5. The number of hydrogen-bond acceptors (Lipinski definition) is 6. The van der Waals surface area contributed by atoms with Crippen molar-refractivity contribution in [1.29, 1.82) is 0 Å². The zero-order valence-corrected chi connectivity index (χ0v) is 11.2. The smallest absolute Gasteiger partial charge is 0.333 e. The Hall–Kier alpha value is -1.67. The summed E-state index contributed by atoms with van der Waals surface area (Å²) in [6.07, 6.45) is -0.431. The third-order valence-electron chi connectivity index (χ3n) is 3.17. The van der Waals surface area contributed by atoms with Gasteiger partial charge in [-0.3, -0.25) is 10.1 Å². The third kappa shape index (κ3) is 2.54. The summed E-state index contributed by atoms with van der Waals surface area (Å²) in [5.74, 6) is 0.469. The van der Waals surface area contributed by atoms with E-state index >= 15 is 0 Å². The fourth-order valence-electron chi connectivity index (χ4n) is 2.52. The Kier molecular flexibility index (Phi) is 3.72. The summed E-state index contributed by atoms with van der Waals surface area (Å²) < 4.78 is 7.06. The molecule has 1 saturated heterocycles. The highest BCUT2D eigenvalue weighted by Crippen LogP contribution is 2.32. The number of anilines is 1. The van der Waals surface area contributed by atoms with Crippen molar-refractivity contribution in [2.45, 2.75) is 26.1 Å². The fraction of sp³-hybridized carbons (Fsp3) is 0.727. The molecule has 1 aliphatic heterocycles. The SMILES string of the molecule is Cc1nn(C)c(N2CC(C)OC(CO)C2)c1[N+](=O)[O-]. The maximum atomic E-state index is 11.2. The number of aliphatic hydroxyl groups is 1. The molecule has 8 heteroatoms. The van der Waals surface area contributed by atoms with E-state index in [1.165, 1.54) is 4.68 Å². The minimum Gasteiger partial charge on any atom is -0.394 e. The van der Waals surface area contributed by atoms with Crippen molar-refractivity contribution in [2.24, 2.45) is 7.05 Å². The molecule has 0 amide bonds. The molecule has 106 valence electrons. The highest BCUT2D eigenvalue weighted by atomic mass is 16.6. The molecule has 8 nitrogen and oxygen atoms in total. The molecule has 0 bridgehead atoms. The molecule has 0 aromatic carbocycles. The van der Waals surface area contributed by atoms with Crippen LogP contribution in [0.5, 0.6) is 0 Å². The van der Waals surface area contributed by atoms with Crippen molar-refractivity contribution in [2.75, 3.05) is 24.6 Å². The number of ether oxygens (including phenoxy) is 1. The van der Waals surface area contributed by atoms with Gasteiger partial charge in [0.2, 0.25) is 5.82 Å². The van der Waals surface area contributed by atoms with E-state index in [0.717, 1.165) is 0 Å². The van der Waals surface area contributed by atoms with Crippen LogP contribution in [0, 0.1) is 17.0 Å². The van der Waals surface area contributed by atoms with Crippen molar-refractivity contribution in [3.8, 4) is 0 Å². The van der Waals surface area contributed by atoms with Crippen LogP contribution in [0.15, 0.2) is 0 Å². The lowest BCUT2D eigenvalue weighted by Crippen LogP contribution is -2.48. The predicted octanol–water partition coefficient (Wildman–Crippen LogP) is 0.223. The first-order valence-electron chi connectivity index (χ1n) is 6.13. The molecule has 1 aromatic heterocycles. The number of nitro groups is 1. The van der Waals surface area contributed by atoms with Crippen LogP contribution in [0.2, 0.25) is 0 Å². The van der Waals surface area contributed by atoms with Crippen molar-refractivity contribution in [3.63, 3.8) is 0 Å². The third-order valence-corrected chi connectivity index (χ3v) is 3.17. The van der Waals surface area contributed by atoms with Gasteiger partial charge in [0.25, 0.3) is 0 Å². The average molecular weight is 270 g/mol. The molecule has 2 heterocycles. The van der Waals surface area contributed by atoms with Crippen molar-refractivity contribution in [3.05, 3.63) is 15.8 Å². The summed E-state index contributed by atoms with van der Waals surface area (Å²) in [6, 6.07) is 0. The molecule has 0 spiro atoms. The van der Waals surface area contributed by atoms with Gasteiger partial charge in [0.05, 0.1) is 23.7 Å². The van der Waals surface area contributed by atoms with Crippen LogP contribution in [0.3, 0.4) is 0 Å². The monoisotopic (exact) mass is 270 g/mol. The van der Waals surface area contributed by atoms with E-state index in [1.807, 2.05) is 11.8 Å². The molecule has 0 aliphatic carbocycles. The number of aromatic nitrogens is 2. The van der Waals surface area contributed by atoms with E-state index in [9.17, 15) is 15.2 Å². The predicted molar refractivity (Wildman–Crippen MR) is 68.2 cm³/mol. The second-order valence-corrected chi connectivity index (χ2v) is 4.79. The van der Waals surface area contributed by atoms with Gasteiger partial charge in [-0.05, 0) is 13.8 Å². The van der Waals surface area contributed by atoms with E-state index in [1.54, 1.807) is 14.0 Å². The summed E-state index contributed by atoms with van der Waals surface area (Å²) in [4.78, 5) is 12.6. The Morgan fingerprint density at radius 2 is 2.26 bits per heavy atom. The number of aliphatic hydroxyl groups excluding tert-OH is 1. The topological polar surface area (TPSA) is 93.7 Å². The normalized spacial score (nSPS) is 23.7. The van der Waals surface area contributed by atoms with Crippen molar-refractivity contribution >= 4 is 11.5 Å². The van der Waals surface area contributed by atoms with Crippen LogP contribution < -0.4 is 4.90 Å². The van der Waals surface area contributed by atoms with Gasteiger partial charge in [0.15, 0.2) is 0 Å². The van der Waals surface area contributed by atoms with Gasteiger partial charge in [-0.2, -0.15) is 5.10 Å². The molecular weight excluding hydrogens is 252 g/mol. The van der Waals surface area contributed by atoms with Crippen LogP contribution in [-0.4, -0.2) is 51.7 Å². The number of morpholine rings is 1. The Morgan fingerprint density at radius 3 is 2.84 bits per heavy atom. The standard InChI is InChI=1S/C11H18N4O4/c1-7-4-14(5-9(6-16)19-7)11-10(15(17)18)8(2)12-13(11)3/h7,9,16H,4-6H2,1-3H3. The van der Waals surface area contributed by atoms with Crippen LogP contribution in [0.25, 0.3) is 0 Å². The first kappa shape index (κ1) is 13.8. The second kappa shape index (κ2) is 5.14. The number of rotatable bonds is 3. The Bertz CT molecular complexity index is 487. The molecule has 0 radical (unpaired) electrons. The van der Waals surface area contributed by atoms with E-state index < -0.39 is 4.92 Å². The summed E-state index contributed by atoms with van der Waals surface area (Å²) in [5.41, 5.74) is 0.412. The molecule has 0 saturated carbocycles. The second-order valence-electron chi connectivity index (χ2n) is 4.79. The highest BCUT2D eigenvalue weighted by molar-refractivity contribution is 5.61.